The summed E-state index contributed by atoms with van der Waals surface area (Å²) < 4.78 is 11.4. The Kier molecular flexibility index (Phi) is 10.1. The van der Waals surface area contributed by atoms with Gasteiger partial charge in [-0.15, -0.1) is 0 Å². The van der Waals surface area contributed by atoms with Crippen molar-refractivity contribution in [1.82, 2.24) is 10.2 Å². The lowest BCUT2D eigenvalue weighted by molar-refractivity contribution is 0.115. The highest BCUT2D eigenvalue weighted by atomic mass is 16.5. The maximum Gasteiger partial charge on any atom is 0.193 e. The van der Waals surface area contributed by atoms with Crippen LogP contribution in [-0.2, 0) is 16.1 Å². The molecular weight excluding hydrogens is 326 g/mol. The molecule has 1 aliphatic rings. The third-order valence-electron chi connectivity index (χ3n) is 4.39. The highest BCUT2D eigenvalue weighted by Gasteiger charge is 2.21. The van der Waals surface area contributed by atoms with Crippen molar-refractivity contribution in [2.24, 2.45) is 10.9 Å². The quantitative estimate of drug-likeness (QED) is 0.333. The number of guanidine groups is 1. The fraction of sp³-hybridized carbons (Fsp3) is 0.667. The number of likely N-dealkylation sites (N-methyl/N-ethyl adjacent to an activating group) is 1. The van der Waals surface area contributed by atoms with Crippen molar-refractivity contribution >= 4 is 5.96 Å². The summed E-state index contributed by atoms with van der Waals surface area (Å²) in [5.41, 5.74) is 1.23. The fourth-order valence-electron chi connectivity index (χ4n) is 2.58. The molecule has 0 unspecified atom stereocenters. The summed E-state index contributed by atoms with van der Waals surface area (Å²) in [6.07, 6.45) is 4.75. The maximum absolute atomic E-state index is 5.72. The van der Waals surface area contributed by atoms with Gasteiger partial charge in [0.15, 0.2) is 5.96 Å². The first kappa shape index (κ1) is 20.7. The van der Waals surface area contributed by atoms with E-state index in [1.807, 2.05) is 18.2 Å². The predicted molar refractivity (Wildman–Crippen MR) is 107 cm³/mol. The molecule has 0 radical (unpaired) electrons. The molecule has 1 saturated carbocycles. The minimum Gasteiger partial charge on any atom is -0.379 e. The highest BCUT2D eigenvalue weighted by Crippen LogP contribution is 2.28. The Hall–Kier alpha value is -1.59. The predicted octanol–water partition coefficient (Wildman–Crippen LogP) is 3.31. The Labute approximate surface area is 158 Å². The SMILES string of the molecule is CCNC(=NCCCCOCc1ccccc1)N(C)CCOCC1CC1. The van der Waals surface area contributed by atoms with E-state index in [0.717, 1.165) is 64.2 Å². The molecule has 0 bridgehead atoms. The molecule has 1 fully saturated rings. The minimum atomic E-state index is 0.691. The Morgan fingerprint density at radius 3 is 2.69 bits per heavy atom. The minimum absolute atomic E-state index is 0.691. The molecule has 26 heavy (non-hydrogen) atoms. The van der Waals surface area contributed by atoms with Crippen molar-refractivity contribution in [3.8, 4) is 0 Å². The van der Waals surface area contributed by atoms with E-state index < -0.39 is 0 Å². The Balaban J connectivity index is 1.54. The average molecular weight is 362 g/mol. The number of nitrogens with zero attached hydrogens (tertiary/aromatic N) is 2. The molecule has 0 spiro atoms. The number of nitrogens with one attached hydrogen (secondary N) is 1. The number of hydrogen-bond acceptors (Lipinski definition) is 3. The number of unbranched alkanes of at least 4 members (excludes halogenated alkanes) is 1. The Morgan fingerprint density at radius 2 is 1.96 bits per heavy atom. The summed E-state index contributed by atoms with van der Waals surface area (Å²) in [4.78, 5) is 6.87. The summed E-state index contributed by atoms with van der Waals surface area (Å²) in [5, 5.41) is 3.36. The van der Waals surface area contributed by atoms with Crippen molar-refractivity contribution in [1.29, 1.82) is 0 Å². The smallest absolute Gasteiger partial charge is 0.193 e. The molecule has 1 aromatic carbocycles. The highest BCUT2D eigenvalue weighted by molar-refractivity contribution is 5.79. The lowest BCUT2D eigenvalue weighted by atomic mass is 10.2. The Bertz CT molecular complexity index is 503. The lowest BCUT2D eigenvalue weighted by Crippen LogP contribution is -2.40. The van der Waals surface area contributed by atoms with Gasteiger partial charge in [-0.25, -0.2) is 0 Å². The molecule has 0 amide bonds. The van der Waals surface area contributed by atoms with Gasteiger partial charge in [0.25, 0.3) is 0 Å². The normalized spacial score (nSPS) is 14.5. The molecule has 0 atom stereocenters. The molecule has 0 heterocycles. The molecule has 1 aliphatic carbocycles. The zero-order valence-corrected chi connectivity index (χ0v) is 16.5. The maximum atomic E-state index is 5.72. The second-order valence-corrected chi connectivity index (χ2v) is 6.92. The molecular formula is C21H35N3O2. The van der Waals surface area contributed by atoms with Crippen LogP contribution in [0.15, 0.2) is 35.3 Å². The van der Waals surface area contributed by atoms with E-state index in [4.69, 9.17) is 14.5 Å². The van der Waals surface area contributed by atoms with Crippen molar-refractivity contribution in [2.45, 2.75) is 39.2 Å². The average Bonchev–Trinajstić information content (AvgIpc) is 3.48. The zero-order chi connectivity index (χ0) is 18.5. The van der Waals surface area contributed by atoms with Gasteiger partial charge in [0, 0.05) is 39.9 Å². The molecule has 146 valence electrons. The van der Waals surface area contributed by atoms with E-state index >= 15 is 0 Å². The first-order chi connectivity index (χ1) is 12.8. The first-order valence-electron chi connectivity index (χ1n) is 9.98. The lowest BCUT2D eigenvalue weighted by Gasteiger charge is -2.22. The van der Waals surface area contributed by atoms with Gasteiger partial charge in [0.1, 0.15) is 0 Å². The van der Waals surface area contributed by atoms with Crippen LogP contribution in [0.4, 0.5) is 0 Å². The van der Waals surface area contributed by atoms with Crippen LogP contribution in [-0.4, -0.2) is 57.4 Å². The molecule has 1 N–H and O–H groups in total. The first-order valence-corrected chi connectivity index (χ1v) is 9.98. The Morgan fingerprint density at radius 1 is 1.15 bits per heavy atom. The molecule has 0 aliphatic heterocycles. The second-order valence-electron chi connectivity index (χ2n) is 6.92. The third-order valence-corrected chi connectivity index (χ3v) is 4.39. The van der Waals surface area contributed by atoms with Crippen molar-refractivity contribution in [2.75, 3.05) is 46.5 Å². The van der Waals surface area contributed by atoms with Crippen LogP contribution in [0.2, 0.25) is 0 Å². The van der Waals surface area contributed by atoms with Gasteiger partial charge in [0.05, 0.1) is 13.2 Å². The van der Waals surface area contributed by atoms with E-state index in [1.165, 1.54) is 18.4 Å². The summed E-state index contributed by atoms with van der Waals surface area (Å²) >= 11 is 0. The van der Waals surface area contributed by atoms with Gasteiger partial charge in [-0.2, -0.15) is 0 Å². The summed E-state index contributed by atoms with van der Waals surface area (Å²) in [7, 11) is 2.07. The van der Waals surface area contributed by atoms with E-state index in [2.05, 4.69) is 36.3 Å². The summed E-state index contributed by atoms with van der Waals surface area (Å²) in [6.45, 7) is 7.84. The largest absolute Gasteiger partial charge is 0.379 e. The van der Waals surface area contributed by atoms with Crippen LogP contribution in [0, 0.1) is 5.92 Å². The third kappa shape index (κ3) is 9.20. The van der Waals surface area contributed by atoms with Crippen LogP contribution < -0.4 is 5.32 Å². The summed E-state index contributed by atoms with van der Waals surface area (Å²) in [5.74, 6) is 1.79. The molecule has 1 aromatic rings. The molecule has 2 rings (SSSR count). The van der Waals surface area contributed by atoms with E-state index in [1.54, 1.807) is 0 Å². The molecule has 0 saturated heterocycles. The standard InChI is InChI=1S/C21H35N3O2/c1-3-22-21(24(2)14-16-26-18-20-11-12-20)23-13-7-8-15-25-17-19-9-5-4-6-10-19/h4-6,9-10,20H,3,7-8,11-18H2,1-2H3,(H,22,23). The van der Waals surface area contributed by atoms with Crippen molar-refractivity contribution < 1.29 is 9.47 Å². The van der Waals surface area contributed by atoms with Crippen molar-refractivity contribution in [3.05, 3.63) is 35.9 Å². The number of ether oxygens (including phenoxy) is 2. The van der Waals surface area contributed by atoms with Crippen LogP contribution in [0.5, 0.6) is 0 Å². The monoisotopic (exact) mass is 361 g/mol. The summed E-state index contributed by atoms with van der Waals surface area (Å²) in [6, 6.07) is 10.3. The number of hydrogen-bond donors (Lipinski definition) is 1. The van der Waals surface area contributed by atoms with Gasteiger partial charge in [-0.3, -0.25) is 4.99 Å². The number of rotatable bonds is 13. The van der Waals surface area contributed by atoms with Crippen molar-refractivity contribution in [3.63, 3.8) is 0 Å². The molecule has 5 nitrogen and oxygen atoms in total. The topological polar surface area (TPSA) is 46.1 Å². The van der Waals surface area contributed by atoms with Gasteiger partial charge in [-0.05, 0) is 44.1 Å². The van der Waals surface area contributed by atoms with Crippen LogP contribution >= 0.6 is 0 Å². The van der Waals surface area contributed by atoms with Crippen LogP contribution in [0.1, 0.15) is 38.2 Å². The van der Waals surface area contributed by atoms with Gasteiger partial charge in [0.2, 0.25) is 0 Å². The second kappa shape index (κ2) is 12.7. The molecule has 0 aromatic heterocycles. The molecule has 5 heteroatoms. The van der Waals surface area contributed by atoms with Gasteiger partial charge < -0.3 is 19.7 Å². The number of aliphatic imine (C=N–C) groups is 1. The van der Waals surface area contributed by atoms with Gasteiger partial charge >= 0.3 is 0 Å². The van der Waals surface area contributed by atoms with Crippen LogP contribution in [0.3, 0.4) is 0 Å². The van der Waals surface area contributed by atoms with Crippen LogP contribution in [0.25, 0.3) is 0 Å². The van der Waals surface area contributed by atoms with E-state index in [0.29, 0.717) is 6.61 Å². The van der Waals surface area contributed by atoms with E-state index in [9.17, 15) is 0 Å². The zero-order valence-electron chi connectivity index (χ0n) is 16.5. The van der Waals surface area contributed by atoms with E-state index in [-0.39, 0.29) is 0 Å². The fourth-order valence-corrected chi connectivity index (χ4v) is 2.58. The number of benzene rings is 1. The van der Waals surface area contributed by atoms with Gasteiger partial charge in [-0.1, -0.05) is 30.3 Å².